The van der Waals surface area contributed by atoms with Gasteiger partial charge in [-0.25, -0.2) is 13.1 Å². The van der Waals surface area contributed by atoms with E-state index in [4.69, 9.17) is 16.9 Å². The summed E-state index contributed by atoms with van der Waals surface area (Å²) in [5.41, 5.74) is 11.7. The molecule has 0 aliphatic carbocycles. The van der Waals surface area contributed by atoms with Gasteiger partial charge in [0, 0.05) is 5.56 Å². The van der Waals surface area contributed by atoms with E-state index < -0.39 is 22.0 Å². The number of carbonyl (C=O) groups excluding carboxylic acids is 1. The van der Waals surface area contributed by atoms with E-state index >= 15 is 0 Å². The number of hydrogen-bond acceptors (Lipinski definition) is 4. The first-order valence-corrected chi connectivity index (χ1v) is 7.28. The molecule has 1 atom stereocenters. The smallest absolute Gasteiger partial charge is 0.235 e. The third kappa shape index (κ3) is 5.06. The standard InChI is InChI=1S/C11H16N4O3S/c1-19(17,18)15-9(11(14)16)6-7-3-2-4-8(5-7)10(12)13/h2-5,9,15H,6H2,1H3,(H3,12,13)(H2,14,16)/t9-/m0/s1. The summed E-state index contributed by atoms with van der Waals surface area (Å²) in [6.07, 6.45) is 1.05. The van der Waals surface area contributed by atoms with Gasteiger partial charge in [-0.3, -0.25) is 10.2 Å². The third-order valence-corrected chi connectivity index (χ3v) is 3.09. The Labute approximate surface area is 111 Å². The van der Waals surface area contributed by atoms with Crippen molar-refractivity contribution in [2.75, 3.05) is 6.26 Å². The molecule has 0 radical (unpaired) electrons. The molecule has 0 fully saturated rings. The van der Waals surface area contributed by atoms with Gasteiger partial charge in [-0.2, -0.15) is 0 Å². The highest BCUT2D eigenvalue weighted by Crippen LogP contribution is 2.08. The number of amidine groups is 1. The third-order valence-electron chi connectivity index (χ3n) is 2.38. The molecule has 0 bridgehead atoms. The molecule has 1 aromatic carbocycles. The monoisotopic (exact) mass is 284 g/mol. The number of hydrogen-bond donors (Lipinski definition) is 4. The highest BCUT2D eigenvalue weighted by molar-refractivity contribution is 7.88. The van der Waals surface area contributed by atoms with Crippen molar-refractivity contribution in [1.82, 2.24) is 4.72 Å². The fourth-order valence-corrected chi connectivity index (χ4v) is 2.28. The fraction of sp³-hybridized carbons (Fsp3) is 0.273. The van der Waals surface area contributed by atoms with Crippen LogP contribution in [0.1, 0.15) is 11.1 Å². The molecule has 0 heterocycles. The molecule has 1 amide bonds. The number of amides is 1. The first-order chi connectivity index (χ1) is 8.69. The van der Waals surface area contributed by atoms with Gasteiger partial charge in [-0.1, -0.05) is 18.2 Å². The molecule has 7 nitrogen and oxygen atoms in total. The average molecular weight is 284 g/mol. The molecule has 0 spiro atoms. The highest BCUT2D eigenvalue weighted by Gasteiger charge is 2.20. The summed E-state index contributed by atoms with van der Waals surface area (Å²) in [6, 6.07) is 5.60. The molecule has 0 aliphatic heterocycles. The lowest BCUT2D eigenvalue weighted by Crippen LogP contribution is -2.45. The van der Waals surface area contributed by atoms with Gasteiger partial charge in [-0.05, 0) is 18.1 Å². The second kappa shape index (κ2) is 5.81. The Hall–Kier alpha value is -1.93. The molecule has 104 valence electrons. The van der Waals surface area contributed by atoms with Crippen LogP contribution in [0.15, 0.2) is 24.3 Å². The van der Waals surface area contributed by atoms with Crippen molar-refractivity contribution in [2.45, 2.75) is 12.5 Å². The summed E-state index contributed by atoms with van der Waals surface area (Å²) >= 11 is 0. The van der Waals surface area contributed by atoms with Crippen LogP contribution in [0.3, 0.4) is 0 Å². The Kier molecular flexibility index (Phi) is 4.62. The first-order valence-electron chi connectivity index (χ1n) is 5.39. The molecule has 0 aromatic heterocycles. The largest absolute Gasteiger partial charge is 0.384 e. The normalized spacial score (nSPS) is 12.9. The van der Waals surface area contributed by atoms with Crippen LogP contribution in [0.2, 0.25) is 0 Å². The summed E-state index contributed by atoms with van der Waals surface area (Å²) < 4.78 is 24.4. The van der Waals surface area contributed by atoms with Gasteiger partial charge in [0.25, 0.3) is 0 Å². The topological polar surface area (TPSA) is 139 Å². The minimum Gasteiger partial charge on any atom is -0.384 e. The molecule has 0 aliphatic rings. The molecular formula is C11H16N4O3S. The summed E-state index contributed by atoms with van der Waals surface area (Å²) in [5.74, 6) is -0.868. The van der Waals surface area contributed by atoms with E-state index in [1.54, 1.807) is 24.3 Å². The van der Waals surface area contributed by atoms with E-state index in [9.17, 15) is 13.2 Å². The van der Waals surface area contributed by atoms with E-state index in [1.165, 1.54) is 0 Å². The summed E-state index contributed by atoms with van der Waals surface area (Å²) in [4.78, 5) is 11.2. The summed E-state index contributed by atoms with van der Waals surface area (Å²) in [7, 11) is -3.53. The van der Waals surface area contributed by atoms with E-state index in [2.05, 4.69) is 4.72 Å². The minimum atomic E-state index is -3.53. The zero-order valence-corrected chi connectivity index (χ0v) is 11.2. The van der Waals surface area contributed by atoms with Crippen molar-refractivity contribution in [3.63, 3.8) is 0 Å². The quantitative estimate of drug-likeness (QED) is 0.389. The minimum absolute atomic E-state index is 0.101. The van der Waals surface area contributed by atoms with Crippen molar-refractivity contribution in [3.8, 4) is 0 Å². The highest BCUT2D eigenvalue weighted by atomic mass is 32.2. The second-order valence-electron chi connectivity index (χ2n) is 4.16. The lowest BCUT2D eigenvalue weighted by molar-refractivity contribution is -0.119. The van der Waals surface area contributed by atoms with E-state index in [-0.39, 0.29) is 12.3 Å². The molecule has 0 saturated carbocycles. The van der Waals surface area contributed by atoms with Crippen molar-refractivity contribution >= 4 is 21.8 Å². The van der Waals surface area contributed by atoms with Crippen molar-refractivity contribution in [3.05, 3.63) is 35.4 Å². The lowest BCUT2D eigenvalue weighted by atomic mass is 10.0. The van der Waals surface area contributed by atoms with Crippen molar-refractivity contribution in [2.24, 2.45) is 11.5 Å². The Morgan fingerprint density at radius 1 is 1.42 bits per heavy atom. The summed E-state index contributed by atoms with van der Waals surface area (Å²) in [6.45, 7) is 0. The van der Waals surface area contributed by atoms with Crippen LogP contribution in [0, 0.1) is 5.41 Å². The van der Waals surface area contributed by atoms with Crippen LogP contribution in [0.5, 0.6) is 0 Å². The number of benzene rings is 1. The zero-order chi connectivity index (χ0) is 14.6. The Balaban J connectivity index is 2.94. The number of rotatable bonds is 6. The molecule has 19 heavy (non-hydrogen) atoms. The lowest BCUT2D eigenvalue weighted by Gasteiger charge is -2.14. The van der Waals surface area contributed by atoms with E-state index in [0.29, 0.717) is 11.1 Å². The molecule has 0 unspecified atom stereocenters. The SMILES string of the molecule is CS(=O)(=O)N[C@@H](Cc1cccc(C(=N)N)c1)C(N)=O. The number of nitrogen functional groups attached to an aromatic ring is 1. The van der Waals surface area contributed by atoms with Crippen LogP contribution in [-0.4, -0.2) is 32.5 Å². The first kappa shape index (κ1) is 15.1. The van der Waals surface area contributed by atoms with Crippen LogP contribution in [-0.2, 0) is 21.2 Å². The average Bonchev–Trinajstić information content (AvgIpc) is 2.26. The Morgan fingerprint density at radius 3 is 2.53 bits per heavy atom. The molecule has 0 saturated heterocycles. The Bertz CT molecular complexity index is 598. The van der Waals surface area contributed by atoms with Gasteiger partial charge in [-0.15, -0.1) is 0 Å². The van der Waals surface area contributed by atoms with Crippen LogP contribution < -0.4 is 16.2 Å². The van der Waals surface area contributed by atoms with Crippen molar-refractivity contribution in [1.29, 1.82) is 5.41 Å². The van der Waals surface area contributed by atoms with Crippen LogP contribution >= 0.6 is 0 Å². The van der Waals surface area contributed by atoms with Gasteiger partial charge in [0.15, 0.2) is 0 Å². The molecule has 8 heteroatoms. The maximum absolute atomic E-state index is 11.2. The summed E-state index contributed by atoms with van der Waals surface area (Å²) in [5, 5.41) is 7.32. The van der Waals surface area contributed by atoms with E-state index in [0.717, 1.165) is 6.26 Å². The molecule has 6 N–H and O–H groups in total. The predicted octanol–water partition coefficient (Wildman–Crippen LogP) is -1.08. The Morgan fingerprint density at radius 2 is 2.05 bits per heavy atom. The maximum Gasteiger partial charge on any atom is 0.235 e. The molecule has 1 aromatic rings. The maximum atomic E-state index is 11.2. The van der Waals surface area contributed by atoms with Crippen molar-refractivity contribution < 1.29 is 13.2 Å². The van der Waals surface area contributed by atoms with Crippen LogP contribution in [0.4, 0.5) is 0 Å². The number of primary amides is 1. The fourth-order valence-electron chi connectivity index (χ4n) is 1.56. The molecular weight excluding hydrogens is 268 g/mol. The number of carbonyl (C=O) groups is 1. The predicted molar refractivity (Wildman–Crippen MR) is 72.1 cm³/mol. The number of sulfonamides is 1. The number of nitrogens with two attached hydrogens (primary N) is 2. The zero-order valence-electron chi connectivity index (χ0n) is 10.4. The second-order valence-corrected chi connectivity index (χ2v) is 5.94. The van der Waals surface area contributed by atoms with Gasteiger partial charge in [0.2, 0.25) is 15.9 Å². The number of nitrogens with one attached hydrogen (secondary N) is 2. The van der Waals surface area contributed by atoms with Gasteiger partial charge < -0.3 is 11.5 Å². The molecule has 1 rings (SSSR count). The van der Waals surface area contributed by atoms with Gasteiger partial charge >= 0.3 is 0 Å². The van der Waals surface area contributed by atoms with Gasteiger partial charge in [0.1, 0.15) is 11.9 Å². The van der Waals surface area contributed by atoms with Crippen LogP contribution in [0.25, 0.3) is 0 Å². The van der Waals surface area contributed by atoms with Gasteiger partial charge in [0.05, 0.1) is 6.26 Å². The van der Waals surface area contributed by atoms with E-state index in [1.807, 2.05) is 0 Å².